The first kappa shape index (κ1) is 17.5. The number of benzene rings is 2. The predicted octanol–water partition coefficient (Wildman–Crippen LogP) is 3.52. The second-order valence-electron chi connectivity index (χ2n) is 5.15. The molecule has 0 spiro atoms. The van der Waals surface area contributed by atoms with Crippen LogP contribution in [0, 0.1) is 31.3 Å². The van der Waals surface area contributed by atoms with Gasteiger partial charge in [0.05, 0.1) is 11.3 Å². The summed E-state index contributed by atoms with van der Waals surface area (Å²) in [5.41, 5.74) is 1.61. The van der Waals surface area contributed by atoms with Gasteiger partial charge < -0.3 is 10.1 Å². The van der Waals surface area contributed by atoms with E-state index in [2.05, 4.69) is 0 Å². The van der Waals surface area contributed by atoms with Crippen molar-refractivity contribution in [2.45, 2.75) is 13.8 Å². The summed E-state index contributed by atoms with van der Waals surface area (Å²) in [5.74, 6) is -6.19. The summed E-state index contributed by atoms with van der Waals surface area (Å²) in [4.78, 5) is 23.5. The van der Waals surface area contributed by atoms with E-state index in [0.29, 0.717) is 6.07 Å². The zero-order valence-electron chi connectivity index (χ0n) is 13.0. The predicted molar refractivity (Wildman–Crippen MR) is 81.1 cm³/mol. The van der Waals surface area contributed by atoms with Crippen molar-refractivity contribution in [3.8, 4) is 0 Å². The van der Waals surface area contributed by atoms with E-state index in [4.69, 9.17) is 4.74 Å². The van der Waals surface area contributed by atoms with Crippen molar-refractivity contribution in [2.75, 3.05) is 11.9 Å². The Labute approximate surface area is 136 Å². The minimum atomic E-state index is -1.69. The normalized spacial score (nSPS) is 10.4. The second kappa shape index (κ2) is 7.16. The third kappa shape index (κ3) is 3.92. The Hall–Kier alpha value is -2.83. The highest BCUT2D eigenvalue weighted by atomic mass is 19.2. The Morgan fingerprint density at radius 1 is 1.00 bits per heavy atom. The maximum absolute atomic E-state index is 13.4. The van der Waals surface area contributed by atoms with E-state index in [1.54, 1.807) is 18.2 Å². The lowest BCUT2D eigenvalue weighted by molar-refractivity contribution is -0.119. The van der Waals surface area contributed by atoms with Crippen LogP contribution >= 0.6 is 0 Å². The van der Waals surface area contributed by atoms with Crippen LogP contribution in [-0.2, 0) is 9.53 Å². The van der Waals surface area contributed by atoms with Gasteiger partial charge in [0.1, 0.15) is 0 Å². The molecule has 0 atom stereocenters. The Balaban J connectivity index is 1.97. The maximum atomic E-state index is 13.4. The number of aryl methyl sites for hydroxylation is 2. The number of halogens is 3. The Kier molecular flexibility index (Phi) is 5.23. The molecule has 126 valence electrons. The fourth-order valence-electron chi connectivity index (χ4n) is 1.89. The number of carbonyl (C=O) groups is 2. The van der Waals surface area contributed by atoms with Crippen molar-refractivity contribution in [2.24, 2.45) is 0 Å². The fraction of sp³-hybridized carbons (Fsp3) is 0.176. The molecule has 0 aliphatic carbocycles. The van der Waals surface area contributed by atoms with Gasteiger partial charge in [0.2, 0.25) is 0 Å². The van der Waals surface area contributed by atoms with E-state index in [1.165, 1.54) is 0 Å². The van der Waals surface area contributed by atoms with Crippen LogP contribution in [0.1, 0.15) is 21.5 Å². The van der Waals surface area contributed by atoms with Gasteiger partial charge in [-0.25, -0.2) is 18.0 Å². The first-order valence-corrected chi connectivity index (χ1v) is 6.97. The van der Waals surface area contributed by atoms with Crippen LogP contribution in [0.15, 0.2) is 30.3 Å². The average Bonchev–Trinajstić information content (AvgIpc) is 2.55. The minimum absolute atomic E-state index is 0.268. The van der Waals surface area contributed by atoms with Crippen molar-refractivity contribution in [1.82, 2.24) is 0 Å². The third-order valence-corrected chi connectivity index (χ3v) is 3.39. The lowest BCUT2D eigenvalue weighted by Gasteiger charge is -2.09. The van der Waals surface area contributed by atoms with Crippen molar-refractivity contribution in [1.29, 1.82) is 0 Å². The standard InChI is InChI=1S/C17H14F3NO3/c1-9-3-4-11(7-10(9)2)17(23)24-8-14(22)21-13-6-5-12(18)15(19)16(13)20/h3-7H,8H2,1-2H3,(H,21,22). The second-order valence-corrected chi connectivity index (χ2v) is 5.15. The summed E-state index contributed by atoms with van der Waals surface area (Å²) >= 11 is 0. The summed E-state index contributed by atoms with van der Waals surface area (Å²) in [6.07, 6.45) is 0. The van der Waals surface area contributed by atoms with Crippen LogP contribution in [0.5, 0.6) is 0 Å². The number of rotatable bonds is 4. The third-order valence-electron chi connectivity index (χ3n) is 3.39. The number of ether oxygens (including phenoxy) is 1. The zero-order chi connectivity index (χ0) is 17.9. The van der Waals surface area contributed by atoms with Gasteiger partial charge in [-0.15, -0.1) is 0 Å². The van der Waals surface area contributed by atoms with Crippen molar-refractivity contribution < 1.29 is 27.5 Å². The first-order chi connectivity index (χ1) is 11.3. The van der Waals surface area contributed by atoms with Gasteiger partial charge >= 0.3 is 5.97 Å². The fourth-order valence-corrected chi connectivity index (χ4v) is 1.89. The van der Waals surface area contributed by atoms with Crippen LogP contribution in [-0.4, -0.2) is 18.5 Å². The molecule has 2 rings (SSSR count). The number of nitrogens with one attached hydrogen (secondary N) is 1. The van der Waals surface area contributed by atoms with Crippen LogP contribution in [0.2, 0.25) is 0 Å². The molecule has 0 heterocycles. The van der Waals surface area contributed by atoms with Crippen LogP contribution < -0.4 is 5.32 Å². The van der Waals surface area contributed by atoms with E-state index in [-0.39, 0.29) is 5.56 Å². The molecular weight excluding hydrogens is 323 g/mol. The lowest BCUT2D eigenvalue weighted by Crippen LogP contribution is -2.21. The highest BCUT2D eigenvalue weighted by Gasteiger charge is 2.16. The number of hydrogen-bond donors (Lipinski definition) is 1. The van der Waals surface area contributed by atoms with E-state index < -0.39 is 41.6 Å². The molecule has 4 nitrogen and oxygen atoms in total. The molecule has 1 N–H and O–H groups in total. The SMILES string of the molecule is Cc1ccc(C(=O)OCC(=O)Nc2ccc(F)c(F)c2F)cc1C. The first-order valence-electron chi connectivity index (χ1n) is 6.97. The topological polar surface area (TPSA) is 55.4 Å². The molecule has 2 aromatic rings. The average molecular weight is 337 g/mol. The van der Waals surface area contributed by atoms with E-state index >= 15 is 0 Å². The minimum Gasteiger partial charge on any atom is -0.452 e. The van der Waals surface area contributed by atoms with Crippen molar-refractivity contribution in [3.05, 3.63) is 64.5 Å². The number of anilines is 1. The smallest absolute Gasteiger partial charge is 0.338 e. The van der Waals surface area contributed by atoms with Gasteiger partial charge in [-0.1, -0.05) is 6.07 Å². The van der Waals surface area contributed by atoms with E-state index in [9.17, 15) is 22.8 Å². The molecule has 0 aliphatic rings. The van der Waals surface area contributed by atoms with Gasteiger partial charge in [0, 0.05) is 0 Å². The highest BCUT2D eigenvalue weighted by Crippen LogP contribution is 2.19. The summed E-state index contributed by atoms with van der Waals surface area (Å²) in [6.45, 7) is 3.02. The molecule has 0 fully saturated rings. The quantitative estimate of drug-likeness (QED) is 0.686. The summed E-state index contributed by atoms with van der Waals surface area (Å²) in [6, 6.07) is 6.46. The molecule has 0 saturated carbocycles. The molecule has 0 bridgehead atoms. The number of esters is 1. The van der Waals surface area contributed by atoms with Gasteiger partial charge in [0.15, 0.2) is 24.1 Å². The van der Waals surface area contributed by atoms with E-state index in [0.717, 1.165) is 17.2 Å². The summed E-state index contributed by atoms with van der Waals surface area (Å²) < 4.78 is 44.1. The van der Waals surface area contributed by atoms with Crippen LogP contribution in [0.3, 0.4) is 0 Å². The molecule has 0 aromatic heterocycles. The largest absolute Gasteiger partial charge is 0.452 e. The van der Waals surface area contributed by atoms with Gasteiger partial charge in [-0.3, -0.25) is 4.79 Å². The molecule has 0 unspecified atom stereocenters. The number of carbonyl (C=O) groups excluding carboxylic acids is 2. The molecule has 24 heavy (non-hydrogen) atoms. The van der Waals surface area contributed by atoms with Crippen LogP contribution in [0.4, 0.5) is 18.9 Å². The van der Waals surface area contributed by atoms with Gasteiger partial charge in [-0.2, -0.15) is 0 Å². The zero-order valence-corrected chi connectivity index (χ0v) is 13.0. The van der Waals surface area contributed by atoms with E-state index in [1.807, 2.05) is 19.2 Å². The molecule has 0 saturated heterocycles. The number of amides is 1. The maximum Gasteiger partial charge on any atom is 0.338 e. The Bertz CT molecular complexity index is 806. The van der Waals surface area contributed by atoms with Crippen LogP contribution in [0.25, 0.3) is 0 Å². The molecule has 7 heteroatoms. The summed E-state index contributed by atoms with van der Waals surface area (Å²) in [7, 11) is 0. The van der Waals surface area contributed by atoms with Crippen molar-refractivity contribution >= 4 is 17.6 Å². The van der Waals surface area contributed by atoms with Gasteiger partial charge in [0.25, 0.3) is 5.91 Å². The Morgan fingerprint density at radius 2 is 1.71 bits per heavy atom. The lowest BCUT2D eigenvalue weighted by atomic mass is 10.1. The molecule has 0 radical (unpaired) electrons. The summed E-state index contributed by atoms with van der Waals surface area (Å²) in [5, 5.41) is 2.01. The highest BCUT2D eigenvalue weighted by molar-refractivity contribution is 5.95. The Morgan fingerprint density at radius 3 is 2.38 bits per heavy atom. The monoisotopic (exact) mass is 337 g/mol. The molecular formula is C17H14F3NO3. The number of hydrogen-bond acceptors (Lipinski definition) is 3. The molecule has 1 amide bonds. The van der Waals surface area contributed by atoms with Crippen molar-refractivity contribution in [3.63, 3.8) is 0 Å². The molecule has 2 aromatic carbocycles. The molecule has 0 aliphatic heterocycles. The van der Waals surface area contributed by atoms with Gasteiger partial charge in [-0.05, 0) is 49.2 Å².